The van der Waals surface area contributed by atoms with E-state index < -0.39 is 21.9 Å². The standard InChI is InChI=1S/C14H21FN2O3S/c1-4-10(2)16-14(18)9-13(17-21(3,19)20)11-5-7-12(15)8-6-11/h5-8,10,13,17H,4,9H2,1-3H3,(H,16,18)/t10-,13+/m0/s1. The summed E-state index contributed by atoms with van der Waals surface area (Å²) < 4.78 is 38.2. The maximum absolute atomic E-state index is 13.0. The summed E-state index contributed by atoms with van der Waals surface area (Å²) in [5, 5.41) is 2.78. The van der Waals surface area contributed by atoms with Crippen molar-refractivity contribution in [1.82, 2.24) is 10.0 Å². The maximum Gasteiger partial charge on any atom is 0.222 e. The summed E-state index contributed by atoms with van der Waals surface area (Å²) in [5.74, 6) is -0.671. The van der Waals surface area contributed by atoms with Gasteiger partial charge in [-0.1, -0.05) is 19.1 Å². The topological polar surface area (TPSA) is 75.3 Å². The molecule has 0 heterocycles. The van der Waals surface area contributed by atoms with Crippen LogP contribution in [0.25, 0.3) is 0 Å². The van der Waals surface area contributed by atoms with Gasteiger partial charge in [-0.05, 0) is 31.0 Å². The lowest BCUT2D eigenvalue weighted by atomic mass is 10.0. The molecule has 0 fully saturated rings. The Morgan fingerprint density at radius 3 is 2.33 bits per heavy atom. The van der Waals surface area contributed by atoms with Crippen molar-refractivity contribution >= 4 is 15.9 Å². The van der Waals surface area contributed by atoms with Crippen LogP contribution < -0.4 is 10.0 Å². The Hall–Kier alpha value is -1.47. The molecule has 2 N–H and O–H groups in total. The van der Waals surface area contributed by atoms with E-state index in [9.17, 15) is 17.6 Å². The van der Waals surface area contributed by atoms with Gasteiger partial charge in [-0.2, -0.15) is 0 Å². The van der Waals surface area contributed by atoms with Crippen LogP contribution in [0.1, 0.15) is 38.3 Å². The molecule has 2 atom stereocenters. The zero-order valence-corrected chi connectivity index (χ0v) is 13.2. The van der Waals surface area contributed by atoms with E-state index in [1.807, 2.05) is 13.8 Å². The lowest BCUT2D eigenvalue weighted by Crippen LogP contribution is -2.36. The largest absolute Gasteiger partial charge is 0.354 e. The van der Waals surface area contributed by atoms with Gasteiger partial charge in [0.2, 0.25) is 15.9 Å². The van der Waals surface area contributed by atoms with Crippen LogP contribution >= 0.6 is 0 Å². The van der Waals surface area contributed by atoms with Crippen LogP contribution in [0.4, 0.5) is 4.39 Å². The van der Waals surface area contributed by atoms with E-state index in [1.165, 1.54) is 24.3 Å². The second-order valence-corrected chi connectivity index (χ2v) is 6.86. The quantitative estimate of drug-likeness (QED) is 0.804. The first-order chi connectivity index (χ1) is 9.71. The molecule has 0 saturated heterocycles. The molecule has 5 nitrogen and oxygen atoms in total. The van der Waals surface area contributed by atoms with Gasteiger partial charge in [0.25, 0.3) is 0 Å². The molecule has 0 aromatic heterocycles. The highest BCUT2D eigenvalue weighted by Gasteiger charge is 2.20. The Labute approximate surface area is 125 Å². The van der Waals surface area contributed by atoms with Crippen LogP contribution in [0.5, 0.6) is 0 Å². The van der Waals surface area contributed by atoms with Gasteiger partial charge in [0.05, 0.1) is 12.3 Å². The second-order valence-electron chi connectivity index (χ2n) is 5.08. The SMILES string of the molecule is CC[C@H](C)NC(=O)C[C@@H](NS(C)(=O)=O)c1ccc(F)cc1. The van der Waals surface area contributed by atoms with Gasteiger partial charge in [-0.15, -0.1) is 0 Å². The van der Waals surface area contributed by atoms with Gasteiger partial charge in [0, 0.05) is 12.5 Å². The van der Waals surface area contributed by atoms with Crippen molar-refractivity contribution in [2.45, 2.75) is 38.8 Å². The van der Waals surface area contributed by atoms with E-state index in [4.69, 9.17) is 0 Å². The van der Waals surface area contributed by atoms with E-state index in [1.54, 1.807) is 0 Å². The fourth-order valence-electron chi connectivity index (χ4n) is 1.80. The molecule has 0 saturated carbocycles. The number of amides is 1. The first kappa shape index (κ1) is 17.6. The third-order valence-corrected chi connectivity index (χ3v) is 3.75. The molecule has 0 aliphatic rings. The first-order valence-electron chi connectivity index (χ1n) is 6.73. The van der Waals surface area contributed by atoms with Crippen molar-refractivity contribution in [2.75, 3.05) is 6.26 Å². The normalized spacial score (nSPS) is 14.5. The van der Waals surface area contributed by atoms with Gasteiger partial charge in [0.15, 0.2) is 0 Å². The molecule has 118 valence electrons. The molecule has 0 radical (unpaired) electrons. The number of hydrogen-bond donors (Lipinski definition) is 2. The third-order valence-electron chi connectivity index (χ3n) is 3.04. The van der Waals surface area contributed by atoms with Crippen molar-refractivity contribution in [2.24, 2.45) is 0 Å². The van der Waals surface area contributed by atoms with E-state index >= 15 is 0 Å². The average molecular weight is 316 g/mol. The van der Waals surface area contributed by atoms with Crippen molar-refractivity contribution in [3.8, 4) is 0 Å². The first-order valence-corrected chi connectivity index (χ1v) is 8.62. The van der Waals surface area contributed by atoms with Crippen LogP contribution in [-0.4, -0.2) is 26.6 Å². The van der Waals surface area contributed by atoms with Crippen LogP contribution in [0, 0.1) is 5.82 Å². The van der Waals surface area contributed by atoms with Crippen LogP contribution in [0.3, 0.4) is 0 Å². The number of halogens is 1. The van der Waals surface area contributed by atoms with E-state index in [0.29, 0.717) is 5.56 Å². The maximum atomic E-state index is 13.0. The fraction of sp³-hybridized carbons (Fsp3) is 0.500. The molecular weight excluding hydrogens is 295 g/mol. The summed E-state index contributed by atoms with van der Waals surface area (Å²) in [6.07, 6.45) is 1.77. The summed E-state index contributed by atoms with van der Waals surface area (Å²) in [5.41, 5.74) is 0.543. The van der Waals surface area contributed by atoms with Crippen molar-refractivity contribution in [1.29, 1.82) is 0 Å². The minimum Gasteiger partial charge on any atom is -0.354 e. The molecule has 7 heteroatoms. The second kappa shape index (κ2) is 7.51. The Morgan fingerprint density at radius 2 is 1.86 bits per heavy atom. The predicted molar refractivity (Wildman–Crippen MR) is 79.6 cm³/mol. The molecule has 21 heavy (non-hydrogen) atoms. The van der Waals surface area contributed by atoms with Crippen molar-refractivity contribution < 1.29 is 17.6 Å². The molecule has 1 aromatic rings. The molecule has 1 amide bonds. The van der Waals surface area contributed by atoms with E-state index in [2.05, 4.69) is 10.0 Å². The number of benzene rings is 1. The Kier molecular flexibility index (Phi) is 6.29. The highest BCUT2D eigenvalue weighted by Crippen LogP contribution is 2.18. The number of carbonyl (C=O) groups excluding carboxylic acids is 1. The van der Waals surface area contributed by atoms with Crippen LogP contribution in [0.2, 0.25) is 0 Å². The van der Waals surface area contributed by atoms with E-state index in [0.717, 1.165) is 12.7 Å². The summed E-state index contributed by atoms with van der Waals surface area (Å²) in [6.45, 7) is 3.81. The summed E-state index contributed by atoms with van der Waals surface area (Å²) in [6, 6.07) is 4.70. The van der Waals surface area contributed by atoms with Gasteiger partial charge < -0.3 is 5.32 Å². The molecule has 0 aliphatic heterocycles. The number of sulfonamides is 1. The zero-order chi connectivity index (χ0) is 16.0. The van der Waals surface area contributed by atoms with Crippen LogP contribution in [-0.2, 0) is 14.8 Å². The summed E-state index contributed by atoms with van der Waals surface area (Å²) >= 11 is 0. The fourth-order valence-corrected chi connectivity index (χ4v) is 2.54. The van der Waals surface area contributed by atoms with E-state index in [-0.39, 0.29) is 18.4 Å². The molecule has 0 unspecified atom stereocenters. The van der Waals surface area contributed by atoms with Crippen molar-refractivity contribution in [3.63, 3.8) is 0 Å². The average Bonchev–Trinajstić information content (AvgIpc) is 2.37. The summed E-state index contributed by atoms with van der Waals surface area (Å²) in [7, 11) is -3.49. The molecular formula is C14H21FN2O3S. The minimum absolute atomic E-state index is 0.0181. The van der Waals surface area contributed by atoms with Gasteiger partial charge in [-0.3, -0.25) is 4.79 Å². The summed E-state index contributed by atoms with van der Waals surface area (Å²) in [4.78, 5) is 11.9. The number of rotatable bonds is 7. The third kappa shape index (κ3) is 6.68. The Balaban J connectivity index is 2.87. The number of carbonyl (C=O) groups is 1. The molecule has 0 bridgehead atoms. The highest BCUT2D eigenvalue weighted by molar-refractivity contribution is 7.88. The monoisotopic (exact) mass is 316 g/mol. The molecule has 0 spiro atoms. The zero-order valence-electron chi connectivity index (χ0n) is 12.4. The lowest BCUT2D eigenvalue weighted by Gasteiger charge is -2.19. The Bertz CT molecular complexity index is 572. The van der Waals surface area contributed by atoms with Gasteiger partial charge >= 0.3 is 0 Å². The molecule has 1 aromatic carbocycles. The lowest BCUT2D eigenvalue weighted by molar-refractivity contribution is -0.122. The van der Waals surface area contributed by atoms with Crippen molar-refractivity contribution in [3.05, 3.63) is 35.6 Å². The smallest absolute Gasteiger partial charge is 0.222 e. The number of nitrogens with one attached hydrogen (secondary N) is 2. The van der Waals surface area contributed by atoms with Crippen LogP contribution in [0.15, 0.2) is 24.3 Å². The molecule has 1 rings (SSSR count). The Morgan fingerprint density at radius 1 is 1.29 bits per heavy atom. The minimum atomic E-state index is -3.49. The van der Waals surface area contributed by atoms with Gasteiger partial charge in [0.1, 0.15) is 5.82 Å². The van der Waals surface area contributed by atoms with Gasteiger partial charge in [-0.25, -0.2) is 17.5 Å². The highest BCUT2D eigenvalue weighted by atomic mass is 32.2. The number of hydrogen-bond acceptors (Lipinski definition) is 3. The predicted octanol–water partition coefficient (Wildman–Crippen LogP) is 1.72. The molecule has 0 aliphatic carbocycles.